The van der Waals surface area contributed by atoms with Gasteiger partial charge >= 0.3 is 18.3 Å². The summed E-state index contributed by atoms with van der Waals surface area (Å²) in [7, 11) is 1.28. The largest absolute Gasteiger partial charge is 0.533 e. The average Bonchev–Trinajstić information content (AvgIpc) is 2.31. The molecule has 0 saturated heterocycles. The molecule has 0 saturated carbocycles. The zero-order chi connectivity index (χ0) is 14.1. The maximum absolute atomic E-state index is 11.3. The maximum atomic E-state index is 11.3. The molecule has 0 spiro atoms. The van der Waals surface area contributed by atoms with Crippen LogP contribution in [0.5, 0.6) is 0 Å². The SMILES string of the molecule is CCN(OC(=O)OC(C)C)C(=O)OOC(=O)NC. The molecule has 0 aromatic heterocycles. The van der Waals surface area contributed by atoms with Crippen LogP contribution in [0.25, 0.3) is 0 Å². The van der Waals surface area contributed by atoms with E-state index in [0.29, 0.717) is 5.06 Å². The Morgan fingerprint density at radius 1 is 1.22 bits per heavy atom. The lowest BCUT2D eigenvalue weighted by Gasteiger charge is -2.17. The van der Waals surface area contributed by atoms with Gasteiger partial charge in [0, 0.05) is 7.05 Å². The molecule has 0 aliphatic rings. The molecule has 104 valence electrons. The third kappa shape index (κ3) is 6.40. The molecular formula is C9H16N2O7. The first kappa shape index (κ1) is 15.8. The van der Waals surface area contributed by atoms with Crippen molar-refractivity contribution in [1.82, 2.24) is 10.4 Å². The zero-order valence-corrected chi connectivity index (χ0v) is 10.6. The monoisotopic (exact) mass is 264 g/mol. The van der Waals surface area contributed by atoms with Gasteiger partial charge in [-0.1, -0.05) is 0 Å². The number of amides is 2. The van der Waals surface area contributed by atoms with Crippen molar-refractivity contribution in [3.05, 3.63) is 0 Å². The normalized spacial score (nSPS) is 9.39. The Labute approximate surface area is 104 Å². The molecule has 18 heavy (non-hydrogen) atoms. The minimum absolute atomic E-state index is 0.0108. The van der Waals surface area contributed by atoms with Gasteiger partial charge in [-0.25, -0.2) is 24.2 Å². The third-order valence-electron chi connectivity index (χ3n) is 1.40. The van der Waals surface area contributed by atoms with E-state index in [9.17, 15) is 14.4 Å². The fourth-order valence-electron chi connectivity index (χ4n) is 0.692. The summed E-state index contributed by atoms with van der Waals surface area (Å²) in [5.41, 5.74) is 0. The topological polar surface area (TPSA) is 103 Å². The van der Waals surface area contributed by atoms with Crippen molar-refractivity contribution in [2.75, 3.05) is 13.6 Å². The van der Waals surface area contributed by atoms with Crippen molar-refractivity contribution in [3.63, 3.8) is 0 Å². The van der Waals surface area contributed by atoms with Crippen LogP contribution in [0.1, 0.15) is 20.8 Å². The summed E-state index contributed by atoms with van der Waals surface area (Å²) >= 11 is 0. The highest BCUT2D eigenvalue weighted by atomic mass is 17.2. The lowest BCUT2D eigenvalue weighted by atomic mass is 10.5. The highest BCUT2D eigenvalue weighted by molar-refractivity contribution is 5.71. The van der Waals surface area contributed by atoms with Crippen LogP contribution in [0.3, 0.4) is 0 Å². The van der Waals surface area contributed by atoms with E-state index in [1.807, 2.05) is 0 Å². The molecular weight excluding hydrogens is 248 g/mol. The van der Waals surface area contributed by atoms with Crippen molar-refractivity contribution >= 4 is 18.3 Å². The Bertz CT molecular complexity index is 305. The summed E-state index contributed by atoms with van der Waals surface area (Å²) in [6.07, 6.45) is -3.59. The first-order valence-corrected chi connectivity index (χ1v) is 5.17. The molecule has 0 aromatic carbocycles. The van der Waals surface area contributed by atoms with Crippen molar-refractivity contribution in [3.8, 4) is 0 Å². The van der Waals surface area contributed by atoms with Gasteiger partial charge in [0.2, 0.25) is 0 Å². The van der Waals surface area contributed by atoms with E-state index >= 15 is 0 Å². The Balaban J connectivity index is 4.19. The first-order chi connectivity index (χ1) is 8.40. The Morgan fingerprint density at radius 3 is 2.28 bits per heavy atom. The molecule has 0 radical (unpaired) electrons. The van der Waals surface area contributed by atoms with Crippen molar-refractivity contribution in [2.24, 2.45) is 0 Å². The van der Waals surface area contributed by atoms with E-state index in [0.717, 1.165) is 0 Å². The van der Waals surface area contributed by atoms with Gasteiger partial charge in [0.05, 0.1) is 12.6 Å². The van der Waals surface area contributed by atoms with Crippen LogP contribution in [0, 0.1) is 0 Å². The molecule has 0 aromatic rings. The number of hydrogen-bond donors (Lipinski definition) is 1. The highest BCUT2D eigenvalue weighted by Crippen LogP contribution is 2.01. The average molecular weight is 264 g/mol. The summed E-state index contributed by atoms with van der Waals surface area (Å²) in [5, 5.41) is 2.59. The van der Waals surface area contributed by atoms with Crippen LogP contribution >= 0.6 is 0 Å². The fraction of sp³-hybridized carbons (Fsp3) is 0.667. The molecule has 2 amide bonds. The lowest BCUT2D eigenvalue weighted by Crippen LogP contribution is -2.36. The first-order valence-electron chi connectivity index (χ1n) is 5.17. The summed E-state index contributed by atoms with van der Waals surface area (Å²) in [6, 6.07) is 0. The summed E-state index contributed by atoms with van der Waals surface area (Å²) in [4.78, 5) is 45.7. The minimum atomic E-state index is -1.16. The predicted octanol–water partition coefficient (Wildman–Crippen LogP) is 1.19. The van der Waals surface area contributed by atoms with Crippen LogP contribution in [0.4, 0.5) is 14.4 Å². The van der Waals surface area contributed by atoms with Crippen molar-refractivity contribution in [2.45, 2.75) is 26.9 Å². The maximum Gasteiger partial charge on any atom is 0.533 e. The number of nitrogens with zero attached hydrogens (tertiary/aromatic N) is 1. The third-order valence-corrected chi connectivity index (χ3v) is 1.40. The van der Waals surface area contributed by atoms with Gasteiger partial charge in [0.15, 0.2) is 0 Å². The second-order valence-electron chi connectivity index (χ2n) is 3.17. The molecule has 0 heterocycles. The van der Waals surface area contributed by atoms with E-state index in [2.05, 4.69) is 24.7 Å². The summed E-state index contributed by atoms with van der Waals surface area (Å²) < 4.78 is 4.65. The fourth-order valence-corrected chi connectivity index (χ4v) is 0.692. The van der Waals surface area contributed by atoms with E-state index in [1.165, 1.54) is 14.0 Å². The molecule has 9 heteroatoms. The Hall–Kier alpha value is -2.19. The number of rotatable bonds is 2. The molecule has 0 atom stereocenters. The van der Waals surface area contributed by atoms with Crippen molar-refractivity contribution < 1.29 is 33.7 Å². The molecule has 0 fully saturated rings. The van der Waals surface area contributed by atoms with E-state index in [4.69, 9.17) is 0 Å². The van der Waals surface area contributed by atoms with Crippen LogP contribution in [0.15, 0.2) is 0 Å². The minimum Gasteiger partial charge on any atom is -0.430 e. The van der Waals surface area contributed by atoms with Crippen molar-refractivity contribution in [1.29, 1.82) is 0 Å². The standard InChI is InChI=1S/C9H16N2O7/c1-5-11(16-9(14)15-6(2)3)8(13)18-17-7(12)10-4/h6H,5H2,1-4H3,(H,10,12). The summed E-state index contributed by atoms with van der Waals surface area (Å²) in [5.74, 6) is 0. The highest BCUT2D eigenvalue weighted by Gasteiger charge is 2.22. The number of carbonyl (C=O) groups excluding carboxylic acids is 3. The van der Waals surface area contributed by atoms with Gasteiger partial charge in [-0.15, -0.1) is 5.06 Å². The second kappa shape index (κ2) is 7.98. The van der Waals surface area contributed by atoms with Crippen LogP contribution in [-0.2, 0) is 19.3 Å². The van der Waals surface area contributed by atoms with Gasteiger partial charge in [-0.05, 0) is 20.8 Å². The molecule has 0 unspecified atom stereocenters. The van der Waals surface area contributed by atoms with E-state index in [-0.39, 0.29) is 6.54 Å². The molecule has 0 rings (SSSR count). The van der Waals surface area contributed by atoms with Gasteiger partial charge in [-0.3, -0.25) is 0 Å². The summed E-state index contributed by atoms with van der Waals surface area (Å²) in [6.45, 7) is 4.74. The van der Waals surface area contributed by atoms with Gasteiger partial charge in [-0.2, -0.15) is 0 Å². The molecule has 0 bridgehead atoms. The Morgan fingerprint density at radius 2 is 1.83 bits per heavy atom. The quantitative estimate of drug-likeness (QED) is 0.454. The van der Waals surface area contributed by atoms with Crippen LogP contribution in [-0.4, -0.2) is 43.1 Å². The number of hydrogen-bond acceptors (Lipinski definition) is 7. The molecule has 0 aliphatic heterocycles. The number of ether oxygens (including phenoxy) is 1. The number of nitrogens with one attached hydrogen (secondary N) is 1. The van der Waals surface area contributed by atoms with Gasteiger partial charge in [0.1, 0.15) is 0 Å². The molecule has 0 aliphatic carbocycles. The smallest absolute Gasteiger partial charge is 0.430 e. The lowest BCUT2D eigenvalue weighted by molar-refractivity contribution is -0.216. The van der Waals surface area contributed by atoms with Gasteiger partial charge < -0.3 is 14.9 Å². The Kier molecular flexibility index (Phi) is 7.01. The van der Waals surface area contributed by atoms with Gasteiger partial charge in [0.25, 0.3) is 0 Å². The van der Waals surface area contributed by atoms with E-state index in [1.54, 1.807) is 13.8 Å². The molecule has 9 nitrogen and oxygen atoms in total. The number of hydroxylamine groups is 2. The number of carbonyl (C=O) groups is 3. The van der Waals surface area contributed by atoms with Crippen LogP contribution < -0.4 is 5.32 Å². The second-order valence-corrected chi connectivity index (χ2v) is 3.17. The van der Waals surface area contributed by atoms with Crippen LogP contribution in [0.2, 0.25) is 0 Å². The molecule has 1 N–H and O–H groups in total. The van der Waals surface area contributed by atoms with E-state index < -0.39 is 24.4 Å². The predicted molar refractivity (Wildman–Crippen MR) is 57.1 cm³/mol. The zero-order valence-electron chi connectivity index (χ0n) is 10.6.